The molecule has 3 rings (SSSR count). The minimum Gasteiger partial charge on any atom is -0.399 e. The van der Waals surface area contributed by atoms with Crippen molar-refractivity contribution >= 4 is 16.5 Å². The van der Waals surface area contributed by atoms with Crippen LogP contribution in [0.25, 0.3) is 16.5 Å². The highest BCUT2D eigenvalue weighted by Gasteiger charge is 2.12. The number of hydrogen-bond acceptors (Lipinski definition) is 1. The first-order chi connectivity index (χ1) is 8.65. The van der Waals surface area contributed by atoms with Gasteiger partial charge in [0.25, 0.3) is 0 Å². The molecule has 1 aromatic heterocycles. The van der Waals surface area contributed by atoms with E-state index in [1.54, 1.807) is 12.4 Å². The van der Waals surface area contributed by atoms with E-state index in [9.17, 15) is 8.78 Å². The second-order valence-electron chi connectivity index (χ2n) is 4.13. The Balaban J connectivity index is 2.26. The molecule has 0 atom stereocenters. The Hall–Kier alpha value is -2.36. The first-order valence-corrected chi connectivity index (χ1v) is 5.47. The van der Waals surface area contributed by atoms with Crippen molar-refractivity contribution in [2.75, 3.05) is 5.73 Å². The van der Waals surface area contributed by atoms with Crippen molar-refractivity contribution in [1.29, 1.82) is 0 Å². The zero-order valence-corrected chi connectivity index (χ0v) is 9.40. The lowest BCUT2D eigenvalue weighted by atomic mass is 10.2. The molecule has 0 saturated carbocycles. The Kier molecular flexibility index (Phi) is 2.30. The Morgan fingerprint density at radius 3 is 1.89 bits per heavy atom. The second-order valence-corrected chi connectivity index (χ2v) is 4.13. The second kappa shape index (κ2) is 3.84. The smallest absolute Gasteiger partial charge is 0.152 e. The van der Waals surface area contributed by atoms with Crippen LogP contribution >= 0.6 is 0 Å². The fourth-order valence-electron chi connectivity index (χ4n) is 2.04. The molecule has 4 heteroatoms. The number of nitrogens with two attached hydrogens (primary N) is 1. The summed E-state index contributed by atoms with van der Waals surface area (Å²) in [6.45, 7) is 0. The number of halogens is 2. The van der Waals surface area contributed by atoms with Crippen molar-refractivity contribution < 1.29 is 8.78 Å². The van der Waals surface area contributed by atoms with Crippen molar-refractivity contribution in [2.45, 2.75) is 0 Å². The zero-order chi connectivity index (χ0) is 12.7. The maximum atomic E-state index is 13.8. The monoisotopic (exact) mass is 244 g/mol. The molecule has 0 fully saturated rings. The highest BCUT2D eigenvalue weighted by Crippen LogP contribution is 2.24. The van der Waals surface area contributed by atoms with Gasteiger partial charge in [-0.2, -0.15) is 0 Å². The number of nitrogens with zero attached hydrogens (tertiary/aromatic N) is 1. The minimum atomic E-state index is -0.673. The van der Waals surface area contributed by atoms with Gasteiger partial charge in [-0.05, 0) is 22.9 Å². The zero-order valence-electron chi connectivity index (χ0n) is 9.40. The summed E-state index contributed by atoms with van der Waals surface area (Å²) in [6.07, 6.45) is 3.38. The van der Waals surface area contributed by atoms with Crippen molar-refractivity contribution in [2.24, 2.45) is 0 Å². The van der Waals surface area contributed by atoms with E-state index >= 15 is 0 Å². The van der Waals surface area contributed by atoms with Crippen LogP contribution < -0.4 is 5.73 Å². The number of fused-ring (bicyclic) bond motifs is 1. The minimum absolute atomic E-state index is 0.0745. The van der Waals surface area contributed by atoms with Gasteiger partial charge in [0.15, 0.2) is 11.6 Å². The molecular formula is C14H10F2N2. The summed E-state index contributed by atoms with van der Waals surface area (Å²) in [5.74, 6) is -1.35. The van der Waals surface area contributed by atoms with Gasteiger partial charge in [-0.15, -0.1) is 0 Å². The summed E-state index contributed by atoms with van der Waals surface area (Å²) in [7, 11) is 0. The lowest BCUT2D eigenvalue weighted by molar-refractivity contribution is 0.571. The quantitative estimate of drug-likeness (QED) is 0.653. The number of aromatic nitrogens is 1. The highest BCUT2D eigenvalue weighted by atomic mass is 19.1. The van der Waals surface area contributed by atoms with E-state index in [0.29, 0.717) is 0 Å². The Morgan fingerprint density at radius 2 is 1.39 bits per heavy atom. The lowest BCUT2D eigenvalue weighted by Gasteiger charge is -2.06. The summed E-state index contributed by atoms with van der Waals surface area (Å²) < 4.78 is 29.0. The van der Waals surface area contributed by atoms with Crippen LogP contribution in [0.3, 0.4) is 0 Å². The molecule has 0 radical (unpaired) electrons. The summed E-state index contributed by atoms with van der Waals surface area (Å²) >= 11 is 0. The number of benzene rings is 2. The molecule has 0 bridgehead atoms. The van der Waals surface area contributed by atoms with Crippen LogP contribution in [0.4, 0.5) is 14.5 Å². The normalized spacial score (nSPS) is 11.0. The number of hydrogen-bond donors (Lipinski definition) is 1. The van der Waals surface area contributed by atoms with Gasteiger partial charge >= 0.3 is 0 Å². The van der Waals surface area contributed by atoms with Gasteiger partial charge in [-0.1, -0.05) is 24.3 Å². The van der Waals surface area contributed by atoms with E-state index in [0.717, 1.165) is 22.9 Å². The van der Waals surface area contributed by atoms with Gasteiger partial charge in [0.05, 0.1) is 0 Å². The SMILES string of the molecule is Nc1cc(F)c(-n2cc3ccccc3c2)c(F)c1. The van der Waals surface area contributed by atoms with E-state index < -0.39 is 11.6 Å². The average Bonchev–Trinajstić information content (AvgIpc) is 2.70. The summed E-state index contributed by atoms with van der Waals surface area (Å²) in [5, 5.41) is 1.85. The molecule has 2 nitrogen and oxygen atoms in total. The molecule has 0 aliphatic heterocycles. The van der Waals surface area contributed by atoms with Crippen LogP contribution in [0.1, 0.15) is 0 Å². The largest absolute Gasteiger partial charge is 0.399 e. The Bertz CT molecular complexity index is 675. The Labute approximate surface area is 102 Å². The molecular weight excluding hydrogens is 234 g/mol. The topological polar surface area (TPSA) is 30.9 Å². The van der Waals surface area contributed by atoms with Crippen LogP contribution in [0.5, 0.6) is 0 Å². The predicted molar refractivity (Wildman–Crippen MR) is 67.6 cm³/mol. The van der Waals surface area contributed by atoms with Crippen LogP contribution in [-0.4, -0.2) is 4.57 Å². The van der Waals surface area contributed by atoms with Gasteiger partial charge in [-0.25, -0.2) is 8.78 Å². The van der Waals surface area contributed by atoms with E-state index in [2.05, 4.69) is 0 Å². The molecule has 3 aromatic rings. The van der Waals surface area contributed by atoms with Crippen molar-refractivity contribution in [1.82, 2.24) is 4.57 Å². The average molecular weight is 244 g/mol. The number of nitrogen functional groups attached to an aromatic ring is 1. The first kappa shape index (κ1) is 10.8. The van der Waals surface area contributed by atoms with Gasteiger partial charge < -0.3 is 10.3 Å². The fraction of sp³-hybridized carbons (Fsp3) is 0. The molecule has 2 aromatic carbocycles. The van der Waals surface area contributed by atoms with E-state index in [-0.39, 0.29) is 11.4 Å². The third-order valence-corrected chi connectivity index (χ3v) is 2.85. The fourth-order valence-corrected chi connectivity index (χ4v) is 2.04. The first-order valence-electron chi connectivity index (χ1n) is 5.47. The van der Waals surface area contributed by atoms with E-state index in [4.69, 9.17) is 5.73 Å². The van der Waals surface area contributed by atoms with Crippen molar-refractivity contribution in [3.8, 4) is 5.69 Å². The maximum Gasteiger partial charge on any atom is 0.152 e. The summed E-state index contributed by atoms with van der Waals surface area (Å²) in [6, 6.07) is 9.76. The van der Waals surface area contributed by atoms with Gasteiger partial charge in [0, 0.05) is 18.1 Å². The van der Waals surface area contributed by atoms with Crippen LogP contribution in [0, 0.1) is 11.6 Å². The molecule has 2 N–H and O–H groups in total. The van der Waals surface area contributed by atoms with Crippen LogP contribution in [0.15, 0.2) is 48.8 Å². The maximum absolute atomic E-state index is 13.8. The molecule has 0 amide bonds. The Morgan fingerprint density at radius 1 is 0.889 bits per heavy atom. The molecule has 0 spiro atoms. The summed E-state index contributed by atoms with van der Waals surface area (Å²) in [5.41, 5.74) is 5.36. The predicted octanol–water partition coefficient (Wildman–Crippen LogP) is 3.49. The van der Waals surface area contributed by atoms with Gasteiger partial charge in [-0.3, -0.25) is 0 Å². The molecule has 0 aliphatic carbocycles. The molecule has 1 heterocycles. The third kappa shape index (κ3) is 1.62. The lowest BCUT2D eigenvalue weighted by Crippen LogP contribution is -2.00. The molecule has 0 saturated heterocycles. The summed E-state index contributed by atoms with van der Waals surface area (Å²) in [4.78, 5) is 0. The number of rotatable bonds is 1. The third-order valence-electron chi connectivity index (χ3n) is 2.85. The highest BCUT2D eigenvalue weighted by molar-refractivity contribution is 5.82. The van der Waals surface area contributed by atoms with Gasteiger partial charge in [0.2, 0.25) is 0 Å². The molecule has 90 valence electrons. The number of anilines is 1. The van der Waals surface area contributed by atoms with E-state index in [1.807, 2.05) is 24.3 Å². The standard InChI is InChI=1S/C14H10F2N2/c15-12-5-11(17)6-13(16)14(12)18-7-9-3-1-2-4-10(9)8-18/h1-8H,17H2. The molecule has 18 heavy (non-hydrogen) atoms. The van der Waals surface area contributed by atoms with Crippen molar-refractivity contribution in [3.63, 3.8) is 0 Å². The van der Waals surface area contributed by atoms with Crippen molar-refractivity contribution in [3.05, 3.63) is 60.4 Å². The van der Waals surface area contributed by atoms with E-state index in [1.165, 1.54) is 4.57 Å². The van der Waals surface area contributed by atoms with Crippen LogP contribution in [0.2, 0.25) is 0 Å². The van der Waals surface area contributed by atoms with Crippen LogP contribution in [-0.2, 0) is 0 Å². The molecule has 0 aliphatic rings. The molecule has 0 unspecified atom stereocenters. The van der Waals surface area contributed by atoms with Gasteiger partial charge in [0.1, 0.15) is 5.69 Å².